The molecule has 1 aliphatic rings. The first-order valence-corrected chi connectivity index (χ1v) is 7.97. The summed E-state index contributed by atoms with van der Waals surface area (Å²) in [5, 5.41) is 0. The van der Waals surface area contributed by atoms with Crippen molar-refractivity contribution in [3.05, 3.63) is 71.8 Å². The van der Waals surface area contributed by atoms with Crippen LogP contribution in [0.2, 0.25) is 0 Å². The molecule has 0 heterocycles. The number of ketones is 1. The highest BCUT2D eigenvalue weighted by Crippen LogP contribution is 2.33. The smallest absolute Gasteiger partial charge is 0.145 e. The predicted octanol–water partition coefficient (Wildman–Crippen LogP) is 4.97. The van der Waals surface area contributed by atoms with Gasteiger partial charge in [0.2, 0.25) is 0 Å². The number of benzene rings is 2. The summed E-state index contributed by atoms with van der Waals surface area (Å²) in [5.74, 6) is 0.875. The van der Waals surface area contributed by atoms with Gasteiger partial charge in [0.1, 0.15) is 5.78 Å². The largest absolute Gasteiger partial charge is 0.299 e. The third kappa shape index (κ3) is 3.41. The first kappa shape index (κ1) is 14.1. The van der Waals surface area contributed by atoms with Crippen molar-refractivity contribution in [2.45, 2.75) is 38.0 Å². The molecule has 0 spiro atoms. The van der Waals surface area contributed by atoms with E-state index >= 15 is 0 Å². The fourth-order valence-electron chi connectivity index (χ4n) is 3.47. The van der Waals surface area contributed by atoms with Crippen molar-refractivity contribution >= 4 is 5.78 Å². The summed E-state index contributed by atoms with van der Waals surface area (Å²) in [7, 11) is 0. The van der Waals surface area contributed by atoms with Gasteiger partial charge in [-0.1, -0.05) is 86.3 Å². The van der Waals surface area contributed by atoms with E-state index in [4.69, 9.17) is 0 Å². The molecular weight excluding hydrogens is 256 g/mol. The van der Waals surface area contributed by atoms with E-state index < -0.39 is 0 Å². The van der Waals surface area contributed by atoms with E-state index in [1.807, 2.05) is 36.4 Å². The molecule has 0 saturated heterocycles. The number of rotatable bonds is 5. The number of carbonyl (C=O) groups excluding carboxylic acids is 1. The van der Waals surface area contributed by atoms with E-state index in [0.29, 0.717) is 11.7 Å². The standard InChI is InChI=1S/C20H22O/c21-19(15-16-9-7-8-10-16)20(17-11-3-1-4-12-17)18-13-5-2-6-14-18/h1-6,11-14,16,20H,7-10,15H2. The quantitative estimate of drug-likeness (QED) is 0.755. The molecule has 21 heavy (non-hydrogen) atoms. The summed E-state index contributed by atoms with van der Waals surface area (Å²) in [4.78, 5) is 12.9. The summed E-state index contributed by atoms with van der Waals surface area (Å²) < 4.78 is 0. The van der Waals surface area contributed by atoms with Gasteiger partial charge in [-0.25, -0.2) is 0 Å². The van der Waals surface area contributed by atoms with Gasteiger partial charge in [-0.15, -0.1) is 0 Å². The highest BCUT2D eigenvalue weighted by Gasteiger charge is 2.26. The Hall–Kier alpha value is -1.89. The van der Waals surface area contributed by atoms with Crippen LogP contribution in [0.25, 0.3) is 0 Å². The van der Waals surface area contributed by atoms with Crippen LogP contribution in [0.3, 0.4) is 0 Å². The number of Topliss-reactive ketones (excluding diaryl/α,β-unsaturated/α-hetero) is 1. The zero-order valence-electron chi connectivity index (χ0n) is 12.4. The minimum absolute atomic E-state index is 0.104. The lowest BCUT2D eigenvalue weighted by Crippen LogP contribution is -2.17. The summed E-state index contributed by atoms with van der Waals surface area (Å²) in [6.45, 7) is 0. The van der Waals surface area contributed by atoms with Gasteiger partial charge in [-0.05, 0) is 17.0 Å². The van der Waals surface area contributed by atoms with Gasteiger partial charge in [0.25, 0.3) is 0 Å². The van der Waals surface area contributed by atoms with E-state index in [9.17, 15) is 4.79 Å². The van der Waals surface area contributed by atoms with E-state index in [0.717, 1.165) is 17.5 Å². The number of hydrogen-bond donors (Lipinski definition) is 0. The number of hydrogen-bond acceptors (Lipinski definition) is 1. The zero-order chi connectivity index (χ0) is 14.5. The van der Waals surface area contributed by atoms with Crippen LogP contribution in [0.4, 0.5) is 0 Å². The second-order valence-corrected chi connectivity index (χ2v) is 6.08. The van der Waals surface area contributed by atoms with Gasteiger partial charge in [-0.2, -0.15) is 0 Å². The van der Waals surface area contributed by atoms with Gasteiger partial charge in [0, 0.05) is 6.42 Å². The van der Waals surface area contributed by atoms with Crippen LogP contribution in [0, 0.1) is 5.92 Å². The SMILES string of the molecule is O=C(CC1CCCC1)C(c1ccccc1)c1ccccc1. The van der Waals surface area contributed by atoms with E-state index in [1.165, 1.54) is 25.7 Å². The Morgan fingerprint density at radius 2 is 1.33 bits per heavy atom. The minimum atomic E-state index is -0.104. The van der Waals surface area contributed by atoms with Gasteiger partial charge in [0.05, 0.1) is 5.92 Å². The van der Waals surface area contributed by atoms with Crippen LogP contribution in [-0.4, -0.2) is 5.78 Å². The highest BCUT2D eigenvalue weighted by atomic mass is 16.1. The maximum absolute atomic E-state index is 12.9. The molecule has 0 N–H and O–H groups in total. The lowest BCUT2D eigenvalue weighted by molar-refractivity contribution is -0.120. The third-order valence-electron chi connectivity index (χ3n) is 4.55. The van der Waals surface area contributed by atoms with Crippen LogP contribution in [0.15, 0.2) is 60.7 Å². The first-order valence-electron chi connectivity index (χ1n) is 7.97. The average molecular weight is 278 g/mol. The van der Waals surface area contributed by atoms with Crippen molar-refractivity contribution in [2.24, 2.45) is 5.92 Å². The summed E-state index contributed by atoms with van der Waals surface area (Å²) >= 11 is 0. The van der Waals surface area contributed by atoms with Crippen LogP contribution in [-0.2, 0) is 4.79 Å². The van der Waals surface area contributed by atoms with Crippen molar-refractivity contribution in [1.29, 1.82) is 0 Å². The summed E-state index contributed by atoms with van der Waals surface area (Å²) in [6, 6.07) is 20.4. The molecule has 0 bridgehead atoms. The molecule has 0 aliphatic heterocycles. The Labute approximate surface area is 127 Å². The Morgan fingerprint density at radius 1 is 0.857 bits per heavy atom. The molecule has 1 saturated carbocycles. The second-order valence-electron chi connectivity index (χ2n) is 6.08. The predicted molar refractivity (Wildman–Crippen MR) is 86.3 cm³/mol. The Bertz CT molecular complexity index is 528. The van der Waals surface area contributed by atoms with Crippen LogP contribution < -0.4 is 0 Å². The van der Waals surface area contributed by atoms with Crippen molar-refractivity contribution in [3.63, 3.8) is 0 Å². The topological polar surface area (TPSA) is 17.1 Å². The van der Waals surface area contributed by atoms with Gasteiger partial charge >= 0.3 is 0 Å². The van der Waals surface area contributed by atoms with Crippen molar-refractivity contribution < 1.29 is 4.79 Å². The molecule has 0 amide bonds. The normalized spacial score (nSPS) is 15.5. The molecule has 1 fully saturated rings. The fourth-order valence-corrected chi connectivity index (χ4v) is 3.47. The van der Waals surface area contributed by atoms with Crippen molar-refractivity contribution in [2.75, 3.05) is 0 Å². The molecule has 108 valence electrons. The fraction of sp³-hybridized carbons (Fsp3) is 0.350. The van der Waals surface area contributed by atoms with Gasteiger partial charge in [0.15, 0.2) is 0 Å². The van der Waals surface area contributed by atoms with Crippen LogP contribution in [0.1, 0.15) is 49.1 Å². The lowest BCUT2D eigenvalue weighted by Gasteiger charge is -2.19. The molecule has 0 radical (unpaired) electrons. The van der Waals surface area contributed by atoms with Gasteiger partial charge < -0.3 is 0 Å². The average Bonchev–Trinajstić information content (AvgIpc) is 3.02. The molecule has 2 aromatic carbocycles. The first-order chi connectivity index (χ1) is 10.3. The minimum Gasteiger partial charge on any atom is -0.299 e. The highest BCUT2D eigenvalue weighted by molar-refractivity contribution is 5.89. The molecule has 1 heteroatoms. The maximum Gasteiger partial charge on any atom is 0.145 e. The van der Waals surface area contributed by atoms with Gasteiger partial charge in [-0.3, -0.25) is 4.79 Å². The summed E-state index contributed by atoms with van der Waals surface area (Å²) in [6.07, 6.45) is 5.76. The maximum atomic E-state index is 12.9. The molecule has 1 aliphatic carbocycles. The van der Waals surface area contributed by atoms with E-state index in [2.05, 4.69) is 24.3 Å². The molecular formula is C20H22O. The van der Waals surface area contributed by atoms with Crippen molar-refractivity contribution in [1.82, 2.24) is 0 Å². The Balaban J connectivity index is 1.87. The van der Waals surface area contributed by atoms with Crippen LogP contribution in [0.5, 0.6) is 0 Å². The van der Waals surface area contributed by atoms with Crippen LogP contribution >= 0.6 is 0 Å². The molecule has 0 unspecified atom stereocenters. The van der Waals surface area contributed by atoms with E-state index in [1.54, 1.807) is 0 Å². The molecule has 1 nitrogen and oxygen atoms in total. The molecule has 0 atom stereocenters. The lowest BCUT2D eigenvalue weighted by atomic mass is 9.84. The molecule has 2 aromatic rings. The summed E-state index contributed by atoms with van der Waals surface area (Å²) in [5.41, 5.74) is 2.23. The Kier molecular flexibility index (Phi) is 4.49. The Morgan fingerprint density at radius 3 is 1.81 bits per heavy atom. The molecule has 0 aromatic heterocycles. The third-order valence-corrected chi connectivity index (χ3v) is 4.55. The molecule has 3 rings (SSSR count). The van der Waals surface area contributed by atoms with Crippen molar-refractivity contribution in [3.8, 4) is 0 Å². The monoisotopic (exact) mass is 278 g/mol. The second kappa shape index (κ2) is 6.71. The zero-order valence-corrected chi connectivity index (χ0v) is 12.4. The van der Waals surface area contributed by atoms with E-state index in [-0.39, 0.29) is 5.92 Å². The number of carbonyl (C=O) groups is 1.